The summed E-state index contributed by atoms with van der Waals surface area (Å²) in [6.45, 7) is 0.665. The van der Waals surface area contributed by atoms with Gasteiger partial charge in [-0.1, -0.05) is 35.6 Å². The predicted octanol–water partition coefficient (Wildman–Crippen LogP) is 4.01. The number of rotatable bonds is 4. The van der Waals surface area contributed by atoms with E-state index in [0.29, 0.717) is 11.7 Å². The van der Waals surface area contributed by atoms with Gasteiger partial charge in [0.1, 0.15) is 5.75 Å². The van der Waals surface area contributed by atoms with Gasteiger partial charge >= 0.3 is 0 Å². The summed E-state index contributed by atoms with van der Waals surface area (Å²) in [7, 11) is 0. The minimum atomic E-state index is 0. The van der Waals surface area contributed by atoms with Gasteiger partial charge in [0.2, 0.25) is 0 Å². The van der Waals surface area contributed by atoms with Crippen molar-refractivity contribution in [1.29, 1.82) is 0 Å². The van der Waals surface area contributed by atoms with Crippen LogP contribution in [0.15, 0.2) is 48.5 Å². The van der Waals surface area contributed by atoms with Gasteiger partial charge in [0.25, 0.3) is 5.19 Å². The van der Waals surface area contributed by atoms with Crippen LogP contribution < -0.4 is 10.5 Å². The number of fused-ring (bicyclic) bond motifs is 1. The smallest absolute Gasteiger partial charge is 0.279 e. The zero-order valence-corrected chi connectivity index (χ0v) is 12.4. The Bertz CT molecular complexity index is 649. The molecule has 0 aliphatic heterocycles. The van der Waals surface area contributed by atoms with Gasteiger partial charge in [0, 0.05) is 0 Å². The first-order valence-corrected chi connectivity index (χ1v) is 6.99. The molecule has 2 N–H and O–H groups in total. The summed E-state index contributed by atoms with van der Waals surface area (Å²) in [6, 6.07) is 16.0. The van der Waals surface area contributed by atoms with Gasteiger partial charge in [-0.15, -0.1) is 12.4 Å². The van der Waals surface area contributed by atoms with Gasteiger partial charge in [-0.25, -0.2) is 4.98 Å². The highest BCUT2D eigenvalue weighted by Gasteiger charge is 2.05. The Morgan fingerprint density at radius 3 is 2.50 bits per heavy atom. The highest BCUT2D eigenvalue weighted by Crippen LogP contribution is 2.31. The van der Waals surface area contributed by atoms with Crippen LogP contribution >= 0.6 is 23.7 Å². The van der Waals surface area contributed by atoms with Crippen molar-refractivity contribution in [1.82, 2.24) is 4.98 Å². The summed E-state index contributed by atoms with van der Waals surface area (Å²) in [6.07, 6.45) is 0.890. The number of para-hydroxylation sites is 1. The van der Waals surface area contributed by atoms with E-state index >= 15 is 0 Å². The normalized spacial score (nSPS) is 10.2. The molecule has 3 nitrogen and oxygen atoms in total. The SMILES string of the molecule is Cl.NCCc1ccc(Oc2nc3ccccc3s2)cc1. The molecule has 0 atom stereocenters. The monoisotopic (exact) mass is 306 g/mol. The lowest BCUT2D eigenvalue weighted by Gasteiger charge is -2.02. The molecule has 0 radical (unpaired) electrons. The maximum absolute atomic E-state index is 5.77. The second kappa shape index (κ2) is 6.70. The van der Waals surface area contributed by atoms with E-state index in [1.807, 2.05) is 48.5 Å². The Kier molecular flexibility index (Phi) is 4.95. The summed E-state index contributed by atoms with van der Waals surface area (Å²) in [5.74, 6) is 0.805. The molecule has 0 amide bonds. The fraction of sp³-hybridized carbons (Fsp3) is 0.133. The first-order valence-electron chi connectivity index (χ1n) is 6.17. The van der Waals surface area contributed by atoms with Crippen molar-refractivity contribution in [3.8, 4) is 10.9 Å². The fourth-order valence-corrected chi connectivity index (χ4v) is 2.72. The summed E-state index contributed by atoms with van der Waals surface area (Å²) < 4.78 is 6.91. The molecule has 0 saturated carbocycles. The van der Waals surface area contributed by atoms with Crippen LogP contribution in [0.5, 0.6) is 10.9 Å². The van der Waals surface area contributed by atoms with Gasteiger partial charge in [-0.2, -0.15) is 0 Å². The summed E-state index contributed by atoms with van der Waals surface area (Å²) in [5.41, 5.74) is 7.72. The Labute approximate surface area is 127 Å². The zero-order chi connectivity index (χ0) is 13.1. The van der Waals surface area contributed by atoms with E-state index in [4.69, 9.17) is 10.5 Å². The number of hydrogen-bond acceptors (Lipinski definition) is 4. The zero-order valence-electron chi connectivity index (χ0n) is 10.8. The van der Waals surface area contributed by atoms with Crippen LogP contribution in [-0.4, -0.2) is 11.5 Å². The molecule has 20 heavy (non-hydrogen) atoms. The quantitative estimate of drug-likeness (QED) is 0.792. The number of aromatic nitrogens is 1. The molecule has 0 bridgehead atoms. The van der Waals surface area contributed by atoms with E-state index in [1.54, 1.807) is 11.3 Å². The Morgan fingerprint density at radius 1 is 1.05 bits per heavy atom. The first-order chi connectivity index (χ1) is 9.35. The first kappa shape index (κ1) is 14.8. The third-order valence-corrected chi connectivity index (χ3v) is 3.75. The van der Waals surface area contributed by atoms with Crippen molar-refractivity contribution in [3.05, 3.63) is 54.1 Å². The van der Waals surface area contributed by atoms with E-state index in [0.717, 1.165) is 22.4 Å². The van der Waals surface area contributed by atoms with E-state index in [1.165, 1.54) is 5.56 Å². The molecule has 3 aromatic rings. The van der Waals surface area contributed by atoms with E-state index < -0.39 is 0 Å². The lowest BCUT2D eigenvalue weighted by atomic mass is 10.1. The molecule has 1 aromatic heterocycles. The highest BCUT2D eigenvalue weighted by molar-refractivity contribution is 7.20. The summed E-state index contributed by atoms with van der Waals surface area (Å²) in [5, 5.41) is 0.674. The third-order valence-electron chi connectivity index (χ3n) is 2.84. The van der Waals surface area contributed by atoms with Gasteiger partial charge in [-0.05, 0) is 42.8 Å². The minimum absolute atomic E-state index is 0. The molecule has 0 fully saturated rings. The lowest BCUT2D eigenvalue weighted by molar-refractivity contribution is 0.480. The number of thiazole rings is 1. The Morgan fingerprint density at radius 2 is 1.80 bits per heavy atom. The molecule has 5 heteroatoms. The van der Waals surface area contributed by atoms with Crippen LogP contribution in [0.3, 0.4) is 0 Å². The van der Waals surface area contributed by atoms with Crippen molar-refractivity contribution in [2.45, 2.75) is 6.42 Å². The molecular formula is C15H15ClN2OS. The van der Waals surface area contributed by atoms with Gasteiger partial charge in [0.05, 0.1) is 10.2 Å². The third kappa shape index (κ3) is 3.28. The Balaban J connectivity index is 0.00000147. The standard InChI is InChI=1S/C15H14N2OS.ClH/c16-10-9-11-5-7-12(8-6-11)18-15-17-13-3-1-2-4-14(13)19-15;/h1-8H,9-10,16H2;1H. The number of halogens is 1. The predicted molar refractivity (Wildman–Crippen MR) is 86.1 cm³/mol. The maximum atomic E-state index is 5.77. The minimum Gasteiger partial charge on any atom is -0.431 e. The molecule has 3 rings (SSSR count). The number of hydrogen-bond donors (Lipinski definition) is 1. The van der Waals surface area contributed by atoms with Gasteiger partial charge in [0.15, 0.2) is 0 Å². The van der Waals surface area contributed by atoms with Crippen LogP contribution in [0.2, 0.25) is 0 Å². The highest BCUT2D eigenvalue weighted by atomic mass is 35.5. The van der Waals surface area contributed by atoms with Gasteiger partial charge in [-0.3, -0.25) is 0 Å². The molecule has 0 aliphatic carbocycles. The Hall–Kier alpha value is -1.62. The van der Waals surface area contributed by atoms with Crippen LogP contribution in [0.4, 0.5) is 0 Å². The molecule has 0 saturated heterocycles. The van der Waals surface area contributed by atoms with Gasteiger partial charge < -0.3 is 10.5 Å². The number of nitrogens with two attached hydrogens (primary N) is 1. The topological polar surface area (TPSA) is 48.1 Å². The van der Waals surface area contributed by atoms with Crippen molar-refractivity contribution < 1.29 is 4.74 Å². The summed E-state index contributed by atoms with van der Waals surface area (Å²) >= 11 is 1.55. The molecule has 0 aliphatic rings. The number of benzene rings is 2. The van der Waals surface area contributed by atoms with Crippen molar-refractivity contribution >= 4 is 34.0 Å². The van der Waals surface area contributed by atoms with Crippen LogP contribution in [-0.2, 0) is 6.42 Å². The molecule has 104 valence electrons. The fourth-order valence-electron chi connectivity index (χ4n) is 1.89. The van der Waals surface area contributed by atoms with Crippen LogP contribution in [0.1, 0.15) is 5.56 Å². The molecule has 2 aromatic carbocycles. The number of ether oxygens (including phenoxy) is 1. The molecular weight excluding hydrogens is 292 g/mol. The van der Waals surface area contributed by atoms with E-state index in [2.05, 4.69) is 4.98 Å². The average Bonchev–Trinajstić information content (AvgIpc) is 2.83. The maximum Gasteiger partial charge on any atom is 0.279 e. The average molecular weight is 307 g/mol. The van der Waals surface area contributed by atoms with Crippen molar-refractivity contribution in [2.75, 3.05) is 6.54 Å². The molecule has 1 heterocycles. The lowest BCUT2D eigenvalue weighted by Crippen LogP contribution is -2.02. The van der Waals surface area contributed by atoms with Crippen LogP contribution in [0, 0.1) is 0 Å². The second-order valence-corrected chi connectivity index (χ2v) is 5.23. The molecule has 0 unspecified atom stereocenters. The summed E-state index contributed by atoms with van der Waals surface area (Å²) in [4.78, 5) is 4.44. The van der Waals surface area contributed by atoms with Crippen molar-refractivity contribution in [3.63, 3.8) is 0 Å². The molecule has 0 spiro atoms. The number of nitrogens with zero attached hydrogens (tertiary/aromatic N) is 1. The largest absolute Gasteiger partial charge is 0.431 e. The van der Waals surface area contributed by atoms with Crippen LogP contribution in [0.25, 0.3) is 10.2 Å². The van der Waals surface area contributed by atoms with E-state index in [-0.39, 0.29) is 12.4 Å². The van der Waals surface area contributed by atoms with E-state index in [9.17, 15) is 0 Å². The second-order valence-electron chi connectivity index (χ2n) is 4.23. The van der Waals surface area contributed by atoms with Crippen molar-refractivity contribution in [2.24, 2.45) is 5.73 Å².